The quantitative estimate of drug-likeness (QED) is 0.480. The molecule has 7 heteroatoms. The number of carbonyl (C=O) groups excluding carboxylic acids is 1. The van der Waals surface area contributed by atoms with E-state index in [0.717, 1.165) is 12.8 Å². The van der Waals surface area contributed by atoms with Crippen LogP contribution in [0, 0.1) is 0 Å². The molecule has 0 fully saturated rings. The molecule has 0 saturated heterocycles. The first-order valence-corrected chi connectivity index (χ1v) is 6.36. The van der Waals surface area contributed by atoms with Gasteiger partial charge in [-0.3, -0.25) is 0 Å². The molecular formula is C12H24N2O5. The molecule has 0 saturated carbocycles. The Balaban J connectivity index is 3.80. The molecule has 1 unspecified atom stereocenters. The predicted molar refractivity (Wildman–Crippen MR) is 70.2 cm³/mol. The van der Waals surface area contributed by atoms with Gasteiger partial charge in [0.05, 0.1) is 0 Å². The first kappa shape index (κ1) is 17.7. The first-order valence-electron chi connectivity index (χ1n) is 6.36. The molecule has 0 rings (SSSR count). The van der Waals surface area contributed by atoms with Crippen LogP contribution >= 0.6 is 0 Å². The fraction of sp³-hybridized carbons (Fsp3) is 0.833. The van der Waals surface area contributed by atoms with Gasteiger partial charge in [0, 0.05) is 34.0 Å². The Hall–Kier alpha value is -1.34. The van der Waals surface area contributed by atoms with Crippen LogP contribution in [0.25, 0.3) is 0 Å². The van der Waals surface area contributed by atoms with Gasteiger partial charge in [-0.25, -0.2) is 9.59 Å². The van der Waals surface area contributed by atoms with E-state index in [1.165, 1.54) is 0 Å². The van der Waals surface area contributed by atoms with Crippen LogP contribution in [0.15, 0.2) is 0 Å². The van der Waals surface area contributed by atoms with E-state index in [-0.39, 0.29) is 0 Å². The smallest absolute Gasteiger partial charge is 0.326 e. The summed E-state index contributed by atoms with van der Waals surface area (Å²) in [5, 5.41) is 14.0. The van der Waals surface area contributed by atoms with Crippen molar-refractivity contribution in [2.45, 2.75) is 31.7 Å². The van der Waals surface area contributed by atoms with Crippen molar-refractivity contribution in [3.05, 3.63) is 0 Å². The fourth-order valence-corrected chi connectivity index (χ4v) is 1.47. The lowest BCUT2D eigenvalue weighted by molar-refractivity contribution is -0.139. The summed E-state index contributed by atoms with van der Waals surface area (Å²) in [5.74, 6) is -1.04. The van der Waals surface area contributed by atoms with E-state index in [1.54, 1.807) is 14.2 Å². The third-order valence-electron chi connectivity index (χ3n) is 2.51. The Morgan fingerprint density at radius 3 is 2.32 bits per heavy atom. The second-order valence-corrected chi connectivity index (χ2v) is 4.13. The Labute approximate surface area is 113 Å². The number of carbonyl (C=O) groups is 2. The zero-order valence-electron chi connectivity index (χ0n) is 11.6. The monoisotopic (exact) mass is 276 g/mol. The molecule has 0 aromatic rings. The maximum atomic E-state index is 11.5. The van der Waals surface area contributed by atoms with Crippen molar-refractivity contribution >= 4 is 12.0 Å². The van der Waals surface area contributed by atoms with E-state index in [1.807, 2.05) is 0 Å². The van der Waals surface area contributed by atoms with Gasteiger partial charge in [0.15, 0.2) is 0 Å². The van der Waals surface area contributed by atoms with Gasteiger partial charge in [0.1, 0.15) is 6.04 Å². The zero-order chi connectivity index (χ0) is 14.5. The van der Waals surface area contributed by atoms with Gasteiger partial charge < -0.3 is 25.2 Å². The molecule has 0 aliphatic heterocycles. The Morgan fingerprint density at radius 1 is 1.11 bits per heavy atom. The molecule has 2 amide bonds. The maximum absolute atomic E-state index is 11.5. The maximum Gasteiger partial charge on any atom is 0.326 e. The molecule has 0 heterocycles. The summed E-state index contributed by atoms with van der Waals surface area (Å²) < 4.78 is 9.73. The number of amides is 2. The van der Waals surface area contributed by atoms with Crippen molar-refractivity contribution < 1.29 is 24.2 Å². The lowest BCUT2D eigenvalue weighted by atomic mass is 10.1. The van der Waals surface area contributed by atoms with Crippen LogP contribution in [0.2, 0.25) is 0 Å². The largest absolute Gasteiger partial charge is 0.480 e. The molecule has 1 atom stereocenters. The van der Waals surface area contributed by atoms with Crippen LogP contribution in [-0.2, 0) is 14.3 Å². The highest BCUT2D eigenvalue weighted by Gasteiger charge is 2.18. The molecule has 7 nitrogen and oxygen atoms in total. The van der Waals surface area contributed by atoms with Gasteiger partial charge in [0.25, 0.3) is 0 Å². The summed E-state index contributed by atoms with van der Waals surface area (Å²) >= 11 is 0. The SMILES string of the molecule is COCCCCNC(=O)NC(CCCOC)C(=O)O. The minimum Gasteiger partial charge on any atom is -0.480 e. The van der Waals surface area contributed by atoms with Gasteiger partial charge in [0.2, 0.25) is 0 Å². The Bertz CT molecular complexity index is 261. The van der Waals surface area contributed by atoms with Gasteiger partial charge >= 0.3 is 12.0 Å². The van der Waals surface area contributed by atoms with Gasteiger partial charge in [-0.05, 0) is 25.7 Å². The standard InChI is InChI=1S/C12H24N2O5/c1-18-8-4-3-7-13-12(17)14-10(11(15)16)6-5-9-19-2/h10H,3-9H2,1-2H3,(H,15,16)(H2,13,14,17). The number of ether oxygens (including phenoxy) is 2. The summed E-state index contributed by atoms with van der Waals surface area (Å²) in [4.78, 5) is 22.4. The summed E-state index contributed by atoms with van der Waals surface area (Å²) in [6, 6.07) is -1.34. The van der Waals surface area contributed by atoms with Crippen LogP contribution < -0.4 is 10.6 Å². The van der Waals surface area contributed by atoms with E-state index >= 15 is 0 Å². The molecular weight excluding hydrogens is 252 g/mol. The van der Waals surface area contributed by atoms with Crippen LogP contribution in [0.3, 0.4) is 0 Å². The normalized spacial score (nSPS) is 11.9. The lowest BCUT2D eigenvalue weighted by Crippen LogP contribution is -2.46. The van der Waals surface area contributed by atoms with Crippen LogP contribution in [-0.4, -0.2) is 57.1 Å². The molecule has 0 radical (unpaired) electrons. The van der Waals surface area contributed by atoms with Gasteiger partial charge in [-0.15, -0.1) is 0 Å². The number of urea groups is 1. The molecule has 0 aliphatic rings. The average Bonchev–Trinajstić information content (AvgIpc) is 2.37. The summed E-state index contributed by atoms with van der Waals surface area (Å²) in [6.45, 7) is 1.63. The van der Waals surface area contributed by atoms with Gasteiger partial charge in [-0.2, -0.15) is 0 Å². The van der Waals surface area contributed by atoms with E-state index in [9.17, 15) is 9.59 Å². The molecule has 0 aromatic heterocycles. The molecule has 0 spiro atoms. The van der Waals surface area contributed by atoms with Crippen molar-refractivity contribution in [3.63, 3.8) is 0 Å². The predicted octanol–water partition coefficient (Wildman–Crippen LogP) is 0.592. The first-order chi connectivity index (χ1) is 9.11. The molecule has 0 aromatic carbocycles. The number of carboxylic acids is 1. The second-order valence-electron chi connectivity index (χ2n) is 4.13. The number of nitrogens with one attached hydrogen (secondary N) is 2. The van der Waals surface area contributed by atoms with Crippen LogP contribution in [0.4, 0.5) is 4.79 Å². The third kappa shape index (κ3) is 10.3. The summed E-state index contributed by atoms with van der Waals surface area (Å²) in [7, 11) is 3.17. The van der Waals surface area contributed by atoms with Crippen molar-refractivity contribution in [2.75, 3.05) is 34.0 Å². The number of carboxylic acid groups (broad SMARTS) is 1. The number of rotatable bonds is 11. The summed E-state index contributed by atoms with van der Waals surface area (Å²) in [6.07, 6.45) is 2.58. The van der Waals surface area contributed by atoms with E-state index in [0.29, 0.717) is 32.6 Å². The number of aliphatic carboxylic acids is 1. The average molecular weight is 276 g/mol. The van der Waals surface area contributed by atoms with E-state index in [4.69, 9.17) is 14.6 Å². The highest BCUT2D eigenvalue weighted by atomic mass is 16.5. The van der Waals surface area contributed by atoms with Crippen molar-refractivity contribution in [1.82, 2.24) is 10.6 Å². The molecule has 0 bridgehead atoms. The van der Waals surface area contributed by atoms with Crippen LogP contribution in [0.1, 0.15) is 25.7 Å². The van der Waals surface area contributed by atoms with Crippen molar-refractivity contribution in [1.29, 1.82) is 0 Å². The Kier molecular flexibility index (Phi) is 10.9. The minimum atomic E-state index is -1.04. The van der Waals surface area contributed by atoms with Crippen molar-refractivity contribution in [2.24, 2.45) is 0 Å². The van der Waals surface area contributed by atoms with Crippen molar-refractivity contribution in [3.8, 4) is 0 Å². The molecule has 112 valence electrons. The summed E-state index contributed by atoms with van der Waals surface area (Å²) in [5.41, 5.74) is 0. The van der Waals surface area contributed by atoms with Gasteiger partial charge in [-0.1, -0.05) is 0 Å². The number of hydrogen-bond donors (Lipinski definition) is 3. The van der Waals surface area contributed by atoms with Crippen LogP contribution in [0.5, 0.6) is 0 Å². The van der Waals surface area contributed by atoms with E-state index < -0.39 is 18.0 Å². The zero-order valence-corrected chi connectivity index (χ0v) is 11.6. The highest BCUT2D eigenvalue weighted by molar-refractivity contribution is 5.82. The molecule has 0 aliphatic carbocycles. The number of unbranched alkanes of at least 4 members (excludes halogenated alkanes) is 1. The highest BCUT2D eigenvalue weighted by Crippen LogP contribution is 1.98. The molecule has 3 N–H and O–H groups in total. The Morgan fingerprint density at radius 2 is 1.74 bits per heavy atom. The number of methoxy groups -OCH3 is 2. The topological polar surface area (TPSA) is 96.9 Å². The van der Waals surface area contributed by atoms with E-state index in [2.05, 4.69) is 10.6 Å². The lowest BCUT2D eigenvalue weighted by Gasteiger charge is -2.14. The molecule has 19 heavy (non-hydrogen) atoms. The third-order valence-corrected chi connectivity index (χ3v) is 2.51. The second kappa shape index (κ2) is 11.7. The minimum absolute atomic E-state index is 0.347. The number of hydrogen-bond acceptors (Lipinski definition) is 4. The fourth-order valence-electron chi connectivity index (χ4n) is 1.47.